The highest BCUT2D eigenvalue weighted by molar-refractivity contribution is 6.01. The predicted molar refractivity (Wildman–Crippen MR) is 111 cm³/mol. The SMILES string of the molecule is CC1CCCN(C(=O)c2cnn3c(-c4ccc(N5CCOC5=O)nc4)cccc23)C1. The summed E-state index contributed by atoms with van der Waals surface area (Å²) in [5.74, 6) is 1.12. The Balaban J connectivity index is 1.46. The number of ether oxygens (including phenoxy) is 1. The average molecular weight is 405 g/mol. The number of hydrogen-bond acceptors (Lipinski definition) is 5. The summed E-state index contributed by atoms with van der Waals surface area (Å²) in [5, 5.41) is 4.50. The molecule has 0 saturated carbocycles. The summed E-state index contributed by atoms with van der Waals surface area (Å²) in [6, 6.07) is 9.48. The molecule has 2 saturated heterocycles. The second kappa shape index (κ2) is 7.44. The van der Waals surface area contributed by atoms with E-state index in [4.69, 9.17) is 4.74 Å². The summed E-state index contributed by atoms with van der Waals surface area (Å²) in [4.78, 5) is 32.7. The van der Waals surface area contributed by atoms with E-state index in [0.29, 0.717) is 30.5 Å². The molecule has 3 aromatic heterocycles. The minimum Gasteiger partial charge on any atom is -0.447 e. The lowest BCUT2D eigenvalue weighted by molar-refractivity contribution is 0.0685. The number of aromatic nitrogens is 3. The molecule has 0 bridgehead atoms. The van der Waals surface area contributed by atoms with Crippen LogP contribution >= 0.6 is 0 Å². The molecule has 3 aromatic rings. The second-order valence-electron chi connectivity index (χ2n) is 7.94. The van der Waals surface area contributed by atoms with Gasteiger partial charge in [-0.2, -0.15) is 5.10 Å². The fourth-order valence-electron chi connectivity index (χ4n) is 4.24. The second-order valence-corrected chi connectivity index (χ2v) is 7.94. The molecule has 5 rings (SSSR count). The van der Waals surface area contributed by atoms with Gasteiger partial charge in [0.2, 0.25) is 0 Å². The monoisotopic (exact) mass is 405 g/mol. The van der Waals surface area contributed by atoms with E-state index >= 15 is 0 Å². The van der Waals surface area contributed by atoms with Crippen molar-refractivity contribution in [2.24, 2.45) is 5.92 Å². The maximum absolute atomic E-state index is 13.1. The maximum Gasteiger partial charge on any atom is 0.415 e. The van der Waals surface area contributed by atoms with Gasteiger partial charge in [0.25, 0.3) is 5.91 Å². The predicted octanol–water partition coefficient (Wildman–Crippen LogP) is 3.23. The van der Waals surface area contributed by atoms with Crippen molar-refractivity contribution in [1.82, 2.24) is 19.5 Å². The van der Waals surface area contributed by atoms with Crippen molar-refractivity contribution in [3.63, 3.8) is 0 Å². The van der Waals surface area contributed by atoms with Crippen LogP contribution in [-0.2, 0) is 4.74 Å². The lowest BCUT2D eigenvalue weighted by atomic mass is 10.00. The highest BCUT2D eigenvalue weighted by atomic mass is 16.6. The van der Waals surface area contributed by atoms with Crippen LogP contribution in [0.4, 0.5) is 10.6 Å². The highest BCUT2D eigenvalue weighted by Crippen LogP contribution is 2.26. The van der Waals surface area contributed by atoms with Crippen molar-refractivity contribution < 1.29 is 14.3 Å². The van der Waals surface area contributed by atoms with Gasteiger partial charge < -0.3 is 9.64 Å². The smallest absolute Gasteiger partial charge is 0.415 e. The first-order chi connectivity index (χ1) is 14.6. The van der Waals surface area contributed by atoms with Gasteiger partial charge >= 0.3 is 6.09 Å². The summed E-state index contributed by atoms with van der Waals surface area (Å²) in [6.45, 7) is 4.65. The number of hydrogen-bond donors (Lipinski definition) is 0. The summed E-state index contributed by atoms with van der Waals surface area (Å²) >= 11 is 0. The molecule has 0 radical (unpaired) electrons. The van der Waals surface area contributed by atoms with Gasteiger partial charge in [-0.15, -0.1) is 0 Å². The number of amides is 2. The first kappa shape index (κ1) is 18.6. The lowest BCUT2D eigenvalue weighted by Crippen LogP contribution is -2.39. The molecular weight excluding hydrogens is 382 g/mol. The highest BCUT2D eigenvalue weighted by Gasteiger charge is 2.26. The van der Waals surface area contributed by atoms with Crippen molar-refractivity contribution in [2.45, 2.75) is 19.8 Å². The lowest BCUT2D eigenvalue weighted by Gasteiger charge is -2.30. The Labute approximate surface area is 174 Å². The molecule has 0 spiro atoms. The van der Waals surface area contributed by atoms with Crippen molar-refractivity contribution in [3.8, 4) is 11.3 Å². The Hall–Kier alpha value is -3.42. The van der Waals surface area contributed by atoms with E-state index < -0.39 is 0 Å². The summed E-state index contributed by atoms with van der Waals surface area (Å²) < 4.78 is 6.75. The van der Waals surface area contributed by atoms with Crippen LogP contribution in [0.3, 0.4) is 0 Å². The van der Waals surface area contributed by atoms with Gasteiger partial charge in [0.15, 0.2) is 0 Å². The molecule has 0 aromatic carbocycles. The van der Waals surface area contributed by atoms with Crippen LogP contribution in [0.2, 0.25) is 0 Å². The summed E-state index contributed by atoms with van der Waals surface area (Å²) in [7, 11) is 0. The number of carbonyl (C=O) groups is 2. The van der Waals surface area contributed by atoms with Crippen LogP contribution < -0.4 is 4.90 Å². The molecule has 1 unspecified atom stereocenters. The normalized spacial score (nSPS) is 19.4. The fraction of sp³-hybridized carbons (Fsp3) is 0.364. The molecule has 5 heterocycles. The van der Waals surface area contributed by atoms with Gasteiger partial charge in [-0.1, -0.05) is 13.0 Å². The van der Waals surface area contributed by atoms with E-state index in [9.17, 15) is 9.59 Å². The van der Waals surface area contributed by atoms with E-state index in [1.807, 2.05) is 29.2 Å². The third-order valence-corrected chi connectivity index (χ3v) is 5.80. The fourth-order valence-corrected chi connectivity index (χ4v) is 4.24. The van der Waals surface area contributed by atoms with Gasteiger partial charge in [0.05, 0.1) is 29.5 Å². The molecule has 2 amide bonds. The molecule has 30 heavy (non-hydrogen) atoms. The van der Waals surface area contributed by atoms with Crippen LogP contribution in [-0.4, -0.2) is 57.7 Å². The third kappa shape index (κ3) is 3.18. The number of cyclic esters (lactones) is 1. The van der Waals surface area contributed by atoms with Gasteiger partial charge in [-0.05, 0) is 43.0 Å². The van der Waals surface area contributed by atoms with Crippen molar-refractivity contribution >= 4 is 23.3 Å². The molecule has 1 atom stereocenters. The number of nitrogens with zero attached hydrogens (tertiary/aromatic N) is 5. The zero-order chi connectivity index (χ0) is 20.7. The summed E-state index contributed by atoms with van der Waals surface area (Å²) in [5.41, 5.74) is 3.09. The topological polar surface area (TPSA) is 80.0 Å². The minimum atomic E-state index is -0.375. The van der Waals surface area contributed by atoms with E-state index in [0.717, 1.165) is 36.3 Å². The van der Waals surface area contributed by atoms with Gasteiger partial charge in [0.1, 0.15) is 12.4 Å². The number of rotatable bonds is 3. The molecule has 2 aliphatic heterocycles. The molecule has 2 aliphatic rings. The van der Waals surface area contributed by atoms with E-state index in [-0.39, 0.29) is 12.0 Å². The molecular formula is C22H23N5O3. The third-order valence-electron chi connectivity index (χ3n) is 5.80. The standard InChI is InChI=1S/C22H23N5O3/c1-15-4-3-9-25(14-15)21(28)17-13-24-27-18(5-2-6-19(17)27)16-7-8-20(23-12-16)26-10-11-30-22(26)29/h2,5-8,12-13,15H,3-4,9-11,14H2,1H3. The Kier molecular flexibility index (Phi) is 4.61. The van der Waals surface area contributed by atoms with Crippen LogP contribution in [0, 0.1) is 5.92 Å². The summed E-state index contributed by atoms with van der Waals surface area (Å²) in [6.07, 6.45) is 5.20. The number of piperidine rings is 1. The van der Waals surface area contributed by atoms with Crippen LogP contribution in [0.1, 0.15) is 30.1 Å². The Bertz CT molecular complexity index is 1110. The quantitative estimate of drug-likeness (QED) is 0.668. The Morgan fingerprint density at radius 1 is 1.17 bits per heavy atom. The molecule has 154 valence electrons. The molecule has 8 heteroatoms. The Morgan fingerprint density at radius 2 is 2.07 bits per heavy atom. The van der Waals surface area contributed by atoms with Gasteiger partial charge in [-0.25, -0.2) is 14.3 Å². The van der Waals surface area contributed by atoms with Crippen LogP contribution in [0.25, 0.3) is 16.8 Å². The van der Waals surface area contributed by atoms with E-state index in [1.54, 1.807) is 23.0 Å². The van der Waals surface area contributed by atoms with Crippen molar-refractivity contribution in [2.75, 3.05) is 31.1 Å². The number of likely N-dealkylation sites (tertiary alicyclic amines) is 1. The number of anilines is 1. The average Bonchev–Trinajstić information content (AvgIpc) is 3.39. The first-order valence-electron chi connectivity index (χ1n) is 10.3. The largest absolute Gasteiger partial charge is 0.447 e. The maximum atomic E-state index is 13.1. The van der Waals surface area contributed by atoms with E-state index in [1.165, 1.54) is 11.3 Å². The Morgan fingerprint density at radius 3 is 2.80 bits per heavy atom. The molecule has 2 fully saturated rings. The van der Waals surface area contributed by atoms with Crippen LogP contribution in [0.15, 0.2) is 42.7 Å². The number of fused-ring (bicyclic) bond motifs is 1. The van der Waals surface area contributed by atoms with Crippen LogP contribution in [0.5, 0.6) is 0 Å². The van der Waals surface area contributed by atoms with E-state index in [2.05, 4.69) is 17.0 Å². The van der Waals surface area contributed by atoms with Gasteiger partial charge in [0, 0.05) is 24.8 Å². The molecule has 0 N–H and O–H groups in total. The zero-order valence-corrected chi connectivity index (χ0v) is 16.8. The first-order valence-corrected chi connectivity index (χ1v) is 10.3. The van der Waals surface area contributed by atoms with Crippen molar-refractivity contribution in [3.05, 3.63) is 48.3 Å². The zero-order valence-electron chi connectivity index (χ0n) is 16.8. The minimum absolute atomic E-state index is 0.0368. The number of pyridine rings is 2. The molecule has 0 aliphatic carbocycles. The van der Waals surface area contributed by atoms with Crippen molar-refractivity contribution in [1.29, 1.82) is 0 Å². The van der Waals surface area contributed by atoms with Gasteiger partial charge in [-0.3, -0.25) is 9.69 Å². The molecule has 8 nitrogen and oxygen atoms in total. The number of carbonyl (C=O) groups excluding carboxylic acids is 2.